The fourth-order valence-electron chi connectivity index (χ4n) is 1.54. The molecule has 1 aliphatic heterocycles. The zero-order valence-corrected chi connectivity index (χ0v) is 11.7. The SMILES string of the molecule is CCN1C(=O)CS/C1=N/S(=O)(=O)c1ccc(F)cc1. The molecule has 1 aliphatic rings. The van der Waals surface area contributed by atoms with Crippen LogP contribution in [0.25, 0.3) is 0 Å². The minimum atomic E-state index is -3.92. The maximum Gasteiger partial charge on any atom is 0.284 e. The molecular weight excluding hydrogens is 291 g/mol. The van der Waals surface area contributed by atoms with Crippen LogP contribution >= 0.6 is 11.8 Å². The van der Waals surface area contributed by atoms with Gasteiger partial charge in [0.05, 0.1) is 10.6 Å². The molecule has 1 heterocycles. The summed E-state index contributed by atoms with van der Waals surface area (Å²) in [6, 6.07) is 4.40. The van der Waals surface area contributed by atoms with Crippen molar-refractivity contribution in [1.29, 1.82) is 0 Å². The molecule has 1 amide bonds. The minimum absolute atomic E-state index is 0.0996. The lowest BCUT2D eigenvalue weighted by atomic mass is 10.4. The number of nitrogens with zero attached hydrogens (tertiary/aromatic N) is 2. The second kappa shape index (κ2) is 5.30. The highest BCUT2D eigenvalue weighted by Gasteiger charge is 2.29. The lowest BCUT2D eigenvalue weighted by molar-refractivity contribution is -0.123. The van der Waals surface area contributed by atoms with E-state index in [2.05, 4.69) is 4.40 Å². The minimum Gasteiger partial charge on any atom is -0.290 e. The highest BCUT2D eigenvalue weighted by atomic mass is 32.2. The average molecular weight is 302 g/mol. The molecule has 1 aromatic rings. The highest BCUT2D eigenvalue weighted by Crippen LogP contribution is 2.22. The van der Waals surface area contributed by atoms with E-state index in [1.807, 2.05) is 0 Å². The second-order valence-electron chi connectivity index (χ2n) is 3.73. The van der Waals surface area contributed by atoms with Gasteiger partial charge in [-0.3, -0.25) is 9.69 Å². The Balaban J connectivity index is 2.36. The molecule has 0 radical (unpaired) electrons. The van der Waals surface area contributed by atoms with E-state index in [0.29, 0.717) is 6.54 Å². The van der Waals surface area contributed by atoms with Gasteiger partial charge in [-0.25, -0.2) is 4.39 Å². The zero-order chi connectivity index (χ0) is 14.0. The summed E-state index contributed by atoms with van der Waals surface area (Å²) in [5, 5.41) is 0.164. The molecule has 2 rings (SSSR count). The van der Waals surface area contributed by atoms with Gasteiger partial charge in [0, 0.05) is 6.54 Å². The van der Waals surface area contributed by atoms with Crippen molar-refractivity contribution < 1.29 is 17.6 Å². The highest BCUT2D eigenvalue weighted by molar-refractivity contribution is 8.15. The van der Waals surface area contributed by atoms with Gasteiger partial charge in [-0.05, 0) is 31.2 Å². The Kier molecular flexibility index (Phi) is 3.91. The molecule has 8 heteroatoms. The molecule has 0 saturated carbocycles. The number of carbonyl (C=O) groups excluding carboxylic acids is 1. The van der Waals surface area contributed by atoms with Gasteiger partial charge in [0.1, 0.15) is 5.82 Å². The van der Waals surface area contributed by atoms with Crippen molar-refractivity contribution in [1.82, 2.24) is 4.90 Å². The van der Waals surface area contributed by atoms with Gasteiger partial charge in [0.15, 0.2) is 5.17 Å². The van der Waals surface area contributed by atoms with E-state index in [-0.39, 0.29) is 21.7 Å². The Labute approximate surface area is 114 Å². The zero-order valence-electron chi connectivity index (χ0n) is 10.0. The number of thioether (sulfide) groups is 1. The first-order valence-corrected chi connectivity index (χ1v) is 7.90. The molecule has 1 saturated heterocycles. The Morgan fingerprint density at radius 3 is 2.58 bits per heavy atom. The number of rotatable bonds is 3. The Morgan fingerprint density at radius 2 is 2.00 bits per heavy atom. The van der Waals surface area contributed by atoms with E-state index in [9.17, 15) is 17.6 Å². The van der Waals surface area contributed by atoms with Crippen LogP contribution in [0.15, 0.2) is 33.6 Å². The van der Waals surface area contributed by atoms with E-state index in [4.69, 9.17) is 0 Å². The first-order valence-electron chi connectivity index (χ1n) is 5.48. The molecule has 5 nitrogen and oxygen atoms in total. The second-order valence-corrected chi connectivity index (χ2v) is 6.28. The first kappa shape index (κ1) is 14.0. The van der Waals surface area contributed by atoms with Gasteiger partial charge >= 0.3 is 0 Å². The van der Waals surface area contributed by atoms with Gasteiger partial charge < -0.3 is 0 Å². The number of benzene rings is 1. The summed E-state index contributed by atoms with van der Waals surface area (Å²) >= 11 is 1.08. The van der Waals surface area contributed by atoms with Crippen LogP contribution in [0, 0.1) is 5.82 Å². The third kappa shape index (κ3) is 2.95. The quantitative estimate of drug-likeness (QED) is 0.848. The van der Waals surface area contributed by atoms with Crippen LogP contribution in [-0.4, -0.2) is 36.7 Å². The van der Waals surface area contributed by atoms with Crippen molar-refractivity contribution in [3.05, 3.63) is 30.1 Å². The average Bonchev–Trinajstić information content (AvgIpc) is 2.69. The number of sulfonamides is 1. The maximum absolute atomic E-state index is 12.8. The molecule has 19 heavy (non-hydrogen) atoms. The van der Waals surface area contributed by atoms with E-state index in [0.717, 1.165) is 36.0 Å². The number of carbonyl (C=O) groups is 1. The molecule has 0 spiro atoms. The standard InChI is InChI=1S/C11H11FN2O3S2/c1-2-14-10(15)7-18-11(14)13-19(16,17)9-5-3-8(12)4-6-9/h3-6H,2,7H2,1H3/b13-11+. The number of halogens is 1. The summed E-state index contributed by atoms with van der Waals surface area (Å²) in [6.45, 7) is 2.10. The Bertz CT molecular complexity index is 626. The summed E-state index contributed by atoms with van der Waals surface area (Å²) in [6.07, 6.45) is 0. The van der Waals surface area contributed by atoms with Crippen molar-refractivity contribution in [2.75, 3.05) is 12.3 Å². The predicted molar refractivity (Wildman–Crippen MR) is 70.9 cm³/mol. The lowest BCUT2D eigenvalue weighted by Gasteiger charge is -2.12. The van der Waals surface area contributed by atoms with Gasteiger partial charge in [-0.15, -0.1) is 4.40 Å². The number of hydrogen-bond donors (Lipinski definition) is 0. The molecule has 0 aliphatic carbocycles. The van der Waals surface area contributed by atoms with Crippen LogP contribution in [0.3, 0.4) is 0 Å². The van der Waals surface area contributed by atoms with Crippen molar-refractivity contribution in [2.45, 2.75) is 11.8 Å². The molecule has 1 fully saturated rings. The molecular formula is C11H11FN2O3S2. The molecule has 0 aromatic heterocycles. The predicted octanol–water partition coefficient (Wildman–Crippen LogP) is 1.47. The van der Waals surface area contributed by atoms with E-state index in [1.54, 1.807) is 6.92 Å². The third-order valence-electron chi connectivity index (χ3n) is 2.48. The van der Waals surface area contributed by atoms with Gasteiger partial charge in [-0.1, -0.05) is 11.8 Å². The van der Waals surface area contributed by atoms with E-state index >= 15 is 0 Å². The van der Waals surface area contributed by atoms with Crippen LogP contribution in [-0.2, 0) is 14.8 Å². The van der Waals surface area contributed by atoms with E-state index in [1.165, 1.54) is 4.90 Å². The monoisotopic (exact) mass is 302 g/mol. The fourth-order valence-corrected chi connectivity index (χ4v) is 3.73. The van der Waals surface area contributed by atoms with Crippen LogP contribution in [0.4, 0.5) is 4.39 Å². The summed E-state index contributed by atoms with van der Waals surface area (Å²) in [7, 11) is -3.92. The van der Waals surface area contributed by atoms with Crippen LogP contribution in [0.5, 0.6) is 0 Å². The Morgan fingerprint density at radius 1 is 1.37 bits per heavy atom. The molecule has 102 valence electrons. The van der Waals surface area contributed by atoms with E-state index < -0.39 is 15.8 Å². The van der Waals surface area contributed by atoms with Gasteiger partial charge in [-0.2, -0.15) is 8.42 Å². The molecule has 0 bridgehead atoms. The topological polar surface area (TPSA) is 66.8 Å². The number of amides is 1. The van der Waals surface area contributed by atoms with Crippen molar-refractivity contribution in [3.8, 4) is 0 Å². The molecule has 0 unspecified atom stereocenters. The normalized spacial score (nSPS) is 18.3. The van der Waals surface area contributed by atoms with Crippen LogP contribution in [0.1, 0.15) is 6.92 Å². The number of amidine groups is 1. The molecule has 0 atom stereocenters. The summed E-state index contributed by atoms with van der Waals surface area (Å²) < 4.78 is 40.4. The first-order chi connectivity index (χ1) is 8.94. The van der Waals surface area contributed by atoms with Gasteiger partial charge in [0.25, 0.3) is 10.0 Å². The fraction of sp³-hybridized carbons (Fsp3) is 0.273. The molecule has 0 N–H and O–H groups in total. The van der Waals surface area contributed by atoms with Crippen molar-refractivity contribution in [3.63, 3.8) is 0 Å². The number of hydrogen-bond acceptors (Lipinski definition) is 4. The largest absolute Gasteiger partial charge is 0.290 e. The van der Waals surface area contributed by atoms with Crippen LogP contribution in [0.2, 0.25) is 0 Å². The third-order valence-corrected chi connectivity index (χ3v) is 4.84. The van der Waals surface area contributed by atoms with Crippen molar-refractivity contribution >= 4 is 32.9 Å². The Hall–Kier alpha value is -1.41. The summed E-state index contributed by atoms with van der Waals surface area (Å²) in [5.41, 5.74) is 0. The van der Waals surface area contributed by atoms with Crippen LogP contribution < -0.4 is 0 Å². The summed E-state index contributed by atoms with van der Waals surface area (Å²) in [4.78, 5) is 12.7. The smallest absolute Gasteiger partial charge is 0.284 e. The lowest BCUT2D eigenvalue weighted by Crippen LogP contribution is -2.29. The summed E-state index contributed by atoms with van der Waals surface area (Å²) in [5.74, 6) is -0.501. The maximum atomic E-state index is 12.8. The van der Waals surface area contributed by atoms with Gasteiger partial charge in [0.2, 0.25) is 5.91 Å². The van der Waals surface area contributed by atoms with Crippen molar-refractivity contribution in [2.24, 2.45) is 4.40 Å². The molecule has 1 aromatic carbocycles.